The van der Waals surface area contributed by atoms with Crippen LogP contribution >= 0.6 is 0 Å². The molecule has 0 bridgehead atoms. The molecule has 0 unspecified atom stereocenters. The van der Waals surface area contributed by atoms with Gasteiger partial charge in [-0.3, -0.25) is 9.59 Å². The van der Waals surface area contributed by atoms with Crippen molar-refractivity contribution in [2.45, 2.75) is 39.5 Å². The zero-order valence-electron chi connectivity index (χ0n) is 13.5. The number of unbranched alkanes of at least 4 members (excludes halogenated alkanes) is 2. The molecule has 1 rings (SSSR count). The topological polar surface area (TPSA) is 67.4 Å². The minimum Gasteiger partial charge on any atom is -0.484 e. The van der Waals surface area contributed by atoms with Crippen molar-refractivity contribution in [3.8, 4) is 5.75 Å². The summed E-state index contributed by atoms with van der Waals surface area (Å²) in [5.74, 6) is 0.364. The highest BCUT2D eigenvalue weighted by Gasteiger charge is 2.06. The van der Waals surface area contributed by atoms with Gasteiger partial charge in [0, 0.05) is 18.7 Å². The third-order valence-electron chi connectivity index (χ3n) is 3.15. The number of nitrogens with one attached hydrogen (secondary N) is 2. The molecule has 0 aromatic heterocycles. The van der Waals surface area contributed by atoms with Crippen LogP contribution < -0.4 is 15.4 Å². The predicted molar refractivity (Wildman–Crippen MR) is 87.1 cm³/mol. The van der Waals surface area contributed by atoms with Gasteiger partial charge in [-0.15, -0.1) is 0 Å². The number of amides is 2. The summed E-state index contributed by atoms with van der Waals surface area (Å²) in [5.41, 5.74) is 0.593. The van der Waals surface area contributed by atoms with E-state index in [1.807, 2.05) is 0 Å². The van der Waals surface area contributed by atoms with Gasteiger partial charge in [-0.2, -0.15) is 0 Å². The Morgan fingerprint density at radius 3 is 2.14 bits per heavy atom. The van der Waals surface area contributed by atoms with Crippen molar-refractivity contribution >= 4 is 11.8 Å². The Bertz CT molecular complexity index is 457. The second-order valence-electron chi connectivity index (χ2n) is 5.13. The summed E-state index contributed by atoms with van der Waals surface area (Å²) in [6, 6.07) is 6.80. The average Bonchev–Trinajstić information content (AvgIpc) is 2.54. The number of carbonyl (C=O) groups is 2. The smallest absolute Gasteiger partial charge is 0.257 e. The molecular weight excluding hydrogens is 280 g/mol. The molecule has 0 radical (unpaired) electrons. The minimum atomic E-state index is -0.130. The Hall–Kier alpha value is -2.04. The van der Waals surface area contributed by atoms with E-state index < -0.39 is 0 Å². The molecule has 0 saturated heterocycles. The van der Waals surface area contributed by atoms with Crippen LogP contribution in [-0.4, -0.2) is 31.5 Å². The van der Waals surface area contributed by atoms with E-state index in [0.717, 1.165) is 25.7 Å². The maximum absolute atomic E-state index is 11.8. The van der Waals surface area contributed by atoms with Gasteiger partial charge >= 0.3 is 0 Å². The minimum absolute atomic E-state index is 0.00818. The van der Waals surface area contributed by atoms with Crippen LogP contribution in [0.5, 0.6) is 5.75 Å². The molecule has 0 saturated carbocycles. The van der Waals surface area contributed by atoms with Gasteiger partial charge in [-0.25, -0.2) is 0 Å². The van der Waals surface area contributed by atoms with Crippen molar-refractivity contribution in [1.82, 2.24) is 10.6 Å². The lowest BCUT2D eigenvalue weighted by molar-refractivity contribution is -0.123. The van der Waals surface area contributed by atoms with Crippen LogP contribution in [0.25, 0.3) is 0 Å². The molecule has 0 heterocycles. The quantitative estimate of drug-likeness (QED) is 0.653. The predicted octanol–water partition coefficient (Wildman–Crippen LogP) is 2.51. The summed E-state index contributed by atoms with van der Waals surface area (Å²) < 4.78 is 5.39. The summed E-state index contributed by atoms with van der Waals surface area (Å²) in [6.07, 6.45) is 4.03. The summed E-state index contributed by atoms with van der Waals surface area (Å²) >= 11 is 0. The molecule has 22 heavy (non-hydrogen) atoms. The van der Waals surface area contributed by atoms with Gasteiger partial charge in [0.1, 0.15) is 5.75 Å². The first-order valence-electron chi connectivity index (χ1n) is 7.95. The third kappa shape index (κ3) is 7.11. The first-order chi connectivity index (χ1) is 10.7. The third-order valence-corrected chi connectivity index (χ3v) is 3.15. The standard InChI is InChI=1S/C17H26N2O3/c1-3-5-11-18-16(20)13-22-15-9-7-14(8-10-15)17(21)19-12-6-4-2/h7-10H,3-6,11-13H2,1-2H3,(H,18,20)(H,19,21). The van der Waals surface area contributed by atoms with E-state index in [2.05, 4.69) is 24.5 Å². The van der Waals surface area contributed by atoms with Crippen LogP contribution in [0.1, 0.15) is 49.9 Å². The summed E-state index contributed by atoms with van der Waals surface area (Å²) in [6.45, 7) is 5.51. The number of benzene rings is 1. The highest BCUT2D eigenvalue weighted by Crippen LogP contribution is 2.12. The highest BCUT2D eigenvalue weighted by atomic mass is 16.5. The second-order valence-corrected chi connectivity index (χ2v) is 5.13. The summed E-state index contributed by atoms with van der Waals surface area (Å²) in [7, 11) is 0. The SMILES string of the molecule is CCCCNC(=O)COc1ccc(C(=O)NCCCC)cc1. The monoisotopic (exact) mass is 306 g/mol. The molecular formula is C17H26N2O3. The molecule has 5 nitrogen and oxygen atoms in total. The van der Waals surface area contributed by atoms with Gasteiger partial charge in [0.2, 0.25) is 0 Å². The van der Waals surface area contributed by atoms with Crippen LogP contribution in [-0.2, 0) is 4.79 Å². The van der Waals surface area contributed by atoms with Crippen molar-refractivity contribution in [2.75, 3.05) is 19.7 Å². The zero-order valence-corrected chi connectivity index (χ0v) is 13.5. The van der Waals surface area contributed by atoms with Crippen LogP contribution in [0.4, 0.5) is 0 Å². The van der Waals surface area contributed by atoms with E-state index in [1.54, 1.807) is 24.3 Å². The van der Waals surface area contributed by atoms with E-state index >= 15 is 0 Å². The molecule has 0 spiro atoms. The van der Waals surface area contributed by atoms with E-state index in [4.69, 9.17) is 4.74 Å². The Balaban J connectivity index is 2.35. The molecule has 1 aromatic carbocycles. The Morgan fingerprint density at radius 1 is 0.955 bits per heavy atom. The van der Waals surface area contributed by atoms with E-state index in [0.29, 0.717) is 24.4 Å². The molecule has 0 atom stereocenters. The van der Waals surface area contributed by atoms with Crippen molar-refractivity contribution in [1.29, 1.82) is 0 Å². The van der Waals surface area contributed by atoms with Crippen molar-refractivity contribution in [2.24, 2.45) is 0 Å². The maximum atomic E-state index is 11.8. The summed E-state index contributed by atoms with van der Waals surface area (Å²) in [5, 5.41) is 5.64. The number of ether oxygens (including phenoxy) is 1. The fraction of sp³-hybridized carbons (Fsp3) is 0.529. The fourth-order valence-corrected chi connectivity index (χ4v) is 1.79. The lowest BCUT2D eigenvalue weighted by Gasteiger charge is -2.08. The first-order valence-corrected chi connectivity index (χ1v) is 7.95. The molecule has 122 valence electrons. The molecule has 0 aliphatic heterocycles. The largest absolute Gasteiger partial charge is 0.484 e. The molecule has 0 fully saturated rings. The number of hydrogen-bond acceptors (Lipinski definition) is 3. The number of rotatable bonds is 10. The van der Waals surface area contributed by atoms with Gasteiger partial charge in [0.25, 0.3) is 11.8 Å². The zero-order chi connectivity index (χ0) is 16.2. The Morgan fingerprint density at radius 2 is 1.55 bits per heavy atom. The highest BCUT2D eigenvalue weighted by molar-refractivity contribution is 5.94. The fourth-order valence-electron chi connectivity index (χ4n) is 1.79. The van der Waals surface area contributed by atoms with E-state index in [1.165, 1.54) is 0 Å². The van der Waals surface area contributed by atoms with Gasteiger partial charge in [0.15, 0.2) is 6.61 Å². The lowest BCUT2D eigenvalue weighted by atomic mass is 10.2. The molecule has 2 amide bonds. The Kier molecular flexibility index (Phi) is 8.72. The molecule has 0 aliphatic carbocycles. The van der Waals surface area contributed by atoms with Gasteiger partial charge in [-0.1, -0.05) is 26.7 Å². The second kappa shape index (κ2) is 10.7. The van der Waals surface area contributed by atoms with Crippen LogP contribution in [0, 0.1) is 0 Å². The Labute approximate surface area is 132 Å². The van der Waals surface area contributed by atoms with Crippen LogP contribution in [0.3, 0.4) is 0 Å². The average molecular weight is 306 g/mol. The van der Waals surface area contributed by atoms with Gasteiger partial charge in [0.05, 0.1) is 0 Å². The van der Waals surface area contributed by atoms with E-state index in [9.17, 15) is 9.59 Å². The van der Waals surface area contributed by atoms with Crippen LogP contribution in [0.2, 0.25) is 0 Å². The maximum Gasteiger partial charge on any atom is 0.257 e. The van der Waals surface area contributed by atoms with Gasteiger partial charge < -0.3 is 15.4 Å². The van der Waals surface area contributed by atoms with Crippen molar-refractivity contribution in [3.63, 3.8) is 0 Å². The number of hydrogen-bond donors (Lipinski definition) is 2. The van der Waals surface area contributed by atoms with Crippen molar-refractivity contribution in [3.05, 3.63) is 29.8 Å². The van der Waals surface area contributed by atoms with Gasteiger partial charge in [-0.05, 0) is 37.1 Å². The molecule has 0 aliphatic rings. The molecule has 1 aromatic rings. The summed E-state index contributed by atoms with van der Waals surface area (Å²) in [4.78, 5) is 23.3. The molecule has 5 heteroatoms. The lowest BCUT2D eigenvalue weighted by Crippen LogP contribution is -2.29. The normalized spacial score (nSPS) is 10.1. The van der Waals surface area contributed by atoms with Crippen molar-refractivity contribution < 1.29 is 14.3 Å². The molecule has 2 N–H and O–H groups in total. The number of carbonyl (C=O) groups excluding carboxylic acids is 2. The van der Waals surface area contributed by atoms with Crippen LogP contribution in [0.15, 0.2) is 24.3 Å². The van der Waals surface area contributed by atoms with E-state index in [-0.39, 0.29) is 18.4 Å². The first kappa shape index (κ1) is 18.0.